The van der Waals surface area contributed by atoms with Gasteiger partial charge in [-0.1, -0.05) is 12.1 Å². The lowest BCUT2D eigenvalue weighted by Gasteiger charge is -2.27. The zero-order chi connectivity index (χ0) is 14.3. The smallest absolute Gasteiger partial charge is 0.315 e. The maximum Gasteiger partial charge on any atom is 0.315 e. The maximum atomic E-state index is 13.2. The van der Waals surface area contributed by atoms with Gasteiger partial charge in [-0.15, -0.1) is 0 Å². The first-order valence-electron chi connectivity index (χ1n) is 6.26. The van der Waals surface area contributed by atoms with Crippen molar-refractivity contribution >= 4 is 6.03 Å². The highest BCUT2D eigenvalue weighted by atomic mass is 19.1. The fourth-order valence-corrected chi connectivity index (χ4v) is 1.70. The van der Waals surface area contributed by atoms with Crippen LogP contribution < -0.4 is 10.6 Å². The van der Waals surface area contributed by atoms with Crippen LogP contribution in [0.3, 0.4) is 0 Å². The van der Waals surface area contributed by atoms with Gasteiger partial charge in [0.1, 0.15) is 5.82 Å². The van der Waals surface area contributed by atoms with E-state index in [9.17, 15) is 9.18 Å². The zero-order valence-corrected chi connectivity index (χ0v) is 11.6. The lowest BCUT2D eigenvalue weighted by Crippen LogP contribution is -2.46. The number of methoxy groups -OCH3 is 1. The van der Waals surface area contributed by atoms with Crippen molar-refractivity contribution in [3.8, 4) is 0 Å². The molecule has 2 amide bonds. The molecule has 2 N–H and O–H groups in total. The van der Waals surface area contributed by atoms with Gasteiger partial charge in [0.2, 0.25) is 0 Å². The standard InChI is InChI=1S/C14H21FN2O2/c1-14(2,11-6-4-7-12(15)10-11)17-13(18)16-8-5-9-19-3/h4,6-7,10H,5,8-9H2,1-3H3,(H2,16,17,18). The van der Waals surface area contributed by atoms with Crippen LogP contribution in [0.4, 0.5) is 9.18 Å². The number of hydrogen-bond acceptors (Lipinski definition) is 2. The van der Waals surface area contributed by atoms with Crippen LogP contribution >= 0.6 is 0 Å². The van der Waals surface area contributed by atoms with Crippen LogP contribution in [0.1, 0.15) is 25.8 Å². The molecule has 0 heterocycles. The van der Waals surface area contributed by atoms with Crippen LogP contribution in [0.5, 0.6) is 0 Å². The van der Waals surface area contributed by atoms with Gasteiger partial charge in [0, 0.05) is 20.3 Å². The van der Waals surface area contributed by atoms with E-state index in [0.29, 0.717) is 13.2 Å². The summed E-state index contributed by atoms with van der Waals surface area (Å²) < 4.78 is 18.1. The lowest BCUT2D eigenvalue weighted by atomic mass is 9.94. The van der Waals surface area contributed by atoms with Crippen LogP contribution in [0.15, 0.2) is 24.3 Å². The molecule has 0 aromatic heterocycles. The summed E-state index contributed by atoms with van der Waals surface area (Å²) in [7, 11) is 1.62. The summed E-state index contributed by atoms with van der Waals surface area (Å²) >= 11 is 0. The van der Waals surface area contributed by atoms with Crippen molar-refractivity contribution in [3.63, 3.8) is 0 Å². The predicted molar refractivity (Wildman–Crippen MR) is 72.5 cm³/mol. The number of benzene rings is 1. The Morgan fingerprint density at radius 3 is 2.79 bits per heavy atom. The van der Waals surface area contributed by atoms with Crippen molar-refractivity contribution < 1.29 is 13.9 Å². The van der Waals surface area contributed by atoms with Gasteiger partial charge in [0.25, 0.3) is 0 Å². The summed E-state index contributed by atoms with van der Waals surface area (Å²) in [5, 5.41) is 5.55. The summed E-state index contributed by atoms with van der Waals surface area (Å²) in [6.45, 7) is 4.81. The number of hydrogen-bond donors (Lipinski definition) is 2. The molecule has 0 saturated carbocycles. The third kappa shape index (κ3) is 5.26. The fraction of sp³-hybridized carbons (Fsp3) is 0.500. The first-order valence-corrected chi connectivity index (χ1v) is 6.26. The van der Waals surface area contributed by atoms with E-state index in [1.54, 1.807) is 19.2 Å². The Morgan fingerprint density at radius 2 is 2.16 bits per heavy atom. The van der Waals surface area contributed by atoms with Gasteiger partial charge in [-0.05, 0) is 38.0 Å². The van der Waals surface area contributed by atoms with Gasteiger partial charge in [0.05, 0.1) is 5.54 Å². The SMILES string of the molecule is COCCCNC(=O)NC(C)(C)c1cccc(F)c1. The molecule has 0 radical (unpaired) electrons. The Labute approximate surface area is 113 Å². The normalized spacial score (nSPS) is 11.2. The van der Waals surface area contributed by atoms with Crippen molar-refractivity contribution in [2.45, 2.75) is 25.8 Å². The second kappa shape index (κ2) is 7.09. The number of halogens is 1. The Balaban J connectivity index is 2.52. The molecule has 106 valence electrons. The van der Waals surface area contributed by atoms with Gasteiger partial charge in [-0.3, -0.25) is 0 Å². The highest BCUT2D eigenvalue weighted by Crippen LogP contribution is 2.20. The van der Waals surface area contributed by atoms with Gasteiger partial charge >= 0.3 is 6.03 Å². The topological polar surface area (TPSA) is 50.4 Å². The number of ether oxygens (including phenoxy) is 1. The minimum absolute atomic E-state index is 0.273. The molecule has 0 aliphatic carbocycles. The third-order valence-corrected chi connectivity index (χ3v) is 2.78. The van der Waals surface area contributed by atoms with Gasteiger partial charge < -0.3 is 15.4 Å². The summed E-state index contributed by atoms with van der Waals surface area (Å²) in [6.07, 6.45) is 0.754. The molecule has 0 aliphatic rings. The lowest BCUT2D eigenvalue weighted by molar-refractivity contribution is 0.192. The van der Waals surface area contributed by atoms with E-state index in [1.807, 2.05) is 13.8 Å². The van der Waals surface area contributed by atoms with Crippen molar-refractivity contribution in [2.24, 2.45) is 0 Å². The number of urea groups is 1. The average Bonchev–Trinajstić information content (AvgIpc) is 2.34. The van der Waals surface area contributed by atoms with Crippen molar-refractivity contribution in [1.29, 1.82) is 0 Å². The van der Waals surface area contributed by atoms with E-state index < -0.39 is 5.54 Å². The monoisotopic (exact) mass is 268 g/mol. The average molecular weight is 268 g/mol. The van der Waals surface area contributed by atoms with Gasteiger partial charge in [-0.25, -0.2) is 9.18 Å². The van der Waals surface area contributed by atoms with E-state index >= 15 is 0 Å². The third-order valence-electron chi connectivity index (χ3n) is 2.78. The molecule has 1 aromatic carbocycles. The molecule has 0 bridgehead atoms. The van der Waals surface area contributed by atoms with Crippen LogP contribution in [-0.4, -0.2) is 26.3 Å². The van der Waals surface area contributed by atoms with Gasteiger partial charge in [-0.2, -0.15) is 0 Å². The van der Waals surface area contributed by atoms with E-state index in [0.717, 1.165) is 12.0 Å². The molecule has 0 spiro atoms. The summed E-state index contributed by atoms with van der Waals surface area (Å²) in [6, 6.07) is 5.94. The van der Waals surface area contributed by atoms with Crippen molar-refractivity contribution in [2.75, 3.05) is 20.3 Å². The number of rotatable bonds is 6. The van der Waals surface area contributed by atoms with E-state index in [1.165, 1.54) is 12.1 Å². The highest BCUT2D eigenvalue weighted by molar-refractivity contribution is 5.74. The first kappa shape index (κ1) is 15.4. The molecule has 0 saturated heterocycles. The van der Waals surface area contributed by atoms with E-state index in [4.69, 9.17) is 4.74 Å². The zero-order valence-electron chi connectivity index (χ0n) is 11.6. The molecule has 0 atom stereocenters. The molecule has 19 heavy (non-hydrogen) atoms. The highest BCUT2D eigenvalue weighted by Gasteiger charge is 2.22. The van der Waals surface area contributed by atoms with Gasteiger partial charge in [0.15, 0.2) is 0 Å². The Kier molecular flexibility index (Phi) is 5.76. The number of carbonyl (C=O) groups excluding carboxylic acids is 1. The Bertz CT molecular complexity index is 422. The molecule has 0 fully saturated rings. The fourth-order valence-electron chi connectivity index (χ4n) is 1.70. The number of nitrogens with one attached hydrogen (secondary N) is 2. The van der Waals surface area contributed by atoms with E-state index in [-0.39, 0.29) is 11.8 Å². The molecule has 1 aromatic rings. The first-order chi connectivity index (χ1) is 8.95. The van der Waals surface area contributed by atoms with Crippen molar-refractivity contribution in [3.05, 3.63) is 35.6 Å². The number of amides is 2. The quantitative estimate of drug-likeness (QED) is 0.778. The molecular weight excluding hydrogens is 247 g/mol. The van der Waals surface area contributed by atoms with Crippen LogP contribution in [0.25, 0.3) is 0 Å². The number of carbonyl (C=O) groups is 1. The summed E-state index contributed by atoms with van der Waals surface area (Å²) in [5.74, 6) is -0.312. The maximum absolute atomic E-state index is 13.2. The molecule has 0 aliphatic heterocycles. The van der Waals surface area contributed by atoms with Crippen LogP contribution in [0, 0.1) is 5.82 Å². The predicted octanol–water partition coefficient (Wildman–Crippen LogP) is 2.40. The minimum Gasteiger partial charge on any atom is -0.385 e. The second-order valence-electron chi connectivity index (χ2n) is 4.86. The largest absolute Gasteiger partial charge is 0.385 e. The molecule has 5 heteroatoms. The van der Waals surface area contributed by atoms with Crippen molar-refractivity contribution in [1.82, 2.24) is 10.6 Å². The van der Waals surface area contributed by atoms with Crippen LogP contribution in [-0.2, 0) is 10.3 Å². The molecule has 1 rings (SSSR count). The molecular formula is C14H21FN2O2. The summed E-state index contributed by atoms with van der Waals surface area (Å²) in [5.41, 5.74) is 0.0903. The minimum atomic E-state index is -0.632. The molecule has 0 unspecified atom stereocenters. The Hall–Kier alpha value is -1.62. The van der Waals surface area contributed by atoms with E-state index in [2.05, 4.69) is 10.6 Å². The second-order valence-corrected chi connectivity index (χ2v) is 4.86. The summed E-state index contributed by atoms with van der Waals surface area (Å²) in [4.78, 5) is 11.7. The van der Waals surface area contributed by atoms with Crippen LogP contribution in [0.2, 0.25) is 0 Å². The Morgan fingerprint density at radius 1 is 1.42 bits per heavy atom. The molecule has 4 nitrogen and oxygen atoms in total.